The Morgan fingerprint density at radius 3 is 2.72 bits per heavy atom. The molecule has 0 radical (unpaired) electrons. The average Bonchev–Trinajstić information content (AvgIpc) is 3.00. The van der Waals surface area contributed by atoms with Crippen molar-refractivity contribution < 1.29 is 9.53 Å². The Hall–Kier alpha value is -1.51. The summed E-state index contributed by atoms with van der Waals surface area (Å²) in [5.74, 6) is 2.31. The molecule has 1 amide bonds. The van der Waals surface area contributed by atoms with Crippen molar-refractivity contribution in [1.82, 2.24) is 0 Å². The van der Waals surface area contributed by atoms with E-state index in [1.54, 1.807) is 0 Å². The SMILES string of the molecule is O=C(Nc1ccccc1)OC[C@@H]1C[C@@H]2CC[C@@H]1C2. The first-order valence-electron chi connectivity index (χ1n) is 6.80. The fourth-order valence-electron chi connectivity index (χ4n) is 3.44. The maximum absolute atomic E-state index is 11.6. The summed E-state index contributed by atoms with van der Waals surface area (Å²) in [4.78, 5) is 11.6. The minimum absolute atomic E-state index is 0.330. The number of anilines is 1. The summed E-state index contributed by atoms with van der Waals surface area (Å²) in [5, 5.41) is 2.75. The molecule has 0 unspecified atom stereocenters. The monoisotopic (exact) mass is 245 g/mol. The van der Waals surface area contributed by atoms with E-state index in [0.29, 0.717) is 12.5 Å². The van der Waals surface area contributed by atoms with Gasteiger partial charge >= 0.3 is 6.09 Å². The van der Waals surface area contributed by atoms with Gasteiger partial charge in [-0.1, -0.05) is 24.6 Å². The van der Waals surface area contributed by atoms with Crippen molar-refractivity contribution >= 4 is 11.8 Å². The maximum Gasteiger partial charge on any atom is 0.411 e. The molecule has 2 fully saturated rings. The van der Waals surface area contributed by atoms with Crippen LogP contribution in [0.4, 0.5) is 10.5 Å². The van der Waals surface area contributed by atoms with Crippen LogP contribution in [0.25, 0.3) is 0 Å². The molecule has 96 valence electrons. The lowest BCUT2D eigenvalue weighted by molar-refractivity contribution is 0.122. The fourth-order valence-corrected chi connectivity index (χ4v) is 3.44. The van der Waals surface area contributed by atoms with Crippen LogP contribution in [0.2, 0.25) is 0 Å². The second kappa shape index (κ2) is 5.01. The summed E-state index contributed by atoms with van der Waals surface area (Å²) in [7, 11) is 0. The number of carbonyl (C=O) groups excluding carboxylic acids is 1. The van der Waals surface area contributed by atoms with E-state index in [2.05, 4.69) is 5.32 Å². The Bertz CT molecular complexity index is 418. The molecule has 2 saturated carbocycles. The number of nitrogens with one attached hydrogen (secondary N) is 1. The highest BCUT2D eigenvalue weighted by molar-refractivity contribution is 5.84. The first kappa shape index (κ1) is 11.6. The van der Waals surface area contributed by atoms with E-state index in [9.17, 15) is 4.79 Å². The van der Waals surface area contributed by atoms with Crippen LogP contribution in [0.15, 0.2) is 30.3 Å². The van der Waals surface area contributed by atoms with Gasteiger partial charge in [0, 0.05) is 5.69 Å². The Balaban J connectivity index is 1.45. The molecule has 0 heterocycles. The van der Waals surface area contributed by atoms with E-state index < -0.39 is 0 Å². The van der Waals surface area contributed by atoms with Crippen molar-refractivity contribution in [3.05, 3.63) is 30.3 Å². The number of hydrogen-bond acceptors (Lipinski definition) is 2. The van der Waals surface area contributed by atoms with Gasteiger partial charge in [-0.3, -0.25) is 5.32 Å². The minimum Gasteiger partial charge on any atom is -0.449 e. The molecule has 3 heteroatoms. The number of rotatable bonds is 3. The second-order valence-corrected chi connectivity index (χ2v) is 5.52. The standard InChI is InChI=1S/C15H19NO2/c17-15(16-14-4-2-1-3-5-14)18-10-13-9-11-6-7-12(13)8-11/h1-5,11-13H,6-10H2,(H,16,17)/t11-,12-,13+/m1/s1. The van der Waals surface area contributed by atoms with Gasteiger partial charge in [-0.25, -0.2) is 4.79 Å². The summed E-state index contributed by atoms with van der Waals surface area (Å²) >= 11 is 0. The quantitative estimate of drug-likeness (QED) is 0.882. The number of para-hydroxylation sites is 1. The van der Waals surface area contributed by atoms with Crippen LogP contribution in [0.3, 0.4) is 0 Å². The van der Waals surface area contributed by atoms with Gasteiger partial charge in [0.2, 0.25) is 0 Å². The van der Waals surface area contributed by atoms with Crippen LogP contribution in [-0.2, 0) is 4.74 Å². The highest BCUT2D eigenvalue weighted by Gasteiger charge is 2.39. The van der Waals surface area contributed by atoms with Crippen LogP contribution in [0.5, 0.6) is 0 Å². The summed E-state index contributed by atoms with van der Waals surface area (Å²) in [6, 6.07) is 9.43. The molecular weight excluding hydrogens is 226 g/mol. The third kappa shape index (κ3) is 2.50. The molecule has 0 spiro atoms. The number of amides is 1. The van der Waals surface area contributed by atoms with Gasteiger partial charge in [-0.2, -0.15) is 0 Å². The first-order valence-corrected chi connectivity index (χ1v) is 6.80. The van der Waals surface area contributed by atoms with E-state index in [4.69, 9.17) is 4.74 Å². The number of ether oxygens (including phenoxy) is 1. The minimum atomic E-state index is -0.330. The molecule has 0 aromatic heterocycles. The lowest BCUT2D eigenvalue weighted by atomic mass is 9.90. The zero-order valence-electron chi connectivity index (χ0n) is 10.5. The van der Waals surface area contributed by atoms with E-state index in [-0.39, 0.29) is 6.09 Å². The Labute approximate surface area is 108 Å². The molecule has 2 aliphatic carbocycles. The summed E-state index contributed by atoms with van der Waals surface area (Å²) in [5.41, 5.74) is 0.787. The first-order chi connectivity index (χ1) is 8.81. The van der Waals surface area contributed by atoms with Crippen LogP contribution in [0.1, 0.15) is 25.7 Å². The lowest BCUT2D eigenvalue weighted by Gasteiger charge is -2.21. The van der Waals surface area contributed by atoms with E-state index >= 15 is 0 Å². The summed E-state index contributed by atoms with van der Waals surface area (Å²) < 4.78 is 5.33. The molecule has 3 rings (SSSR count). The zero-order chi connectivity index (χ0) is 12.4. The van der Waals surface area contributed by atoms with Crippen molar-refractivity contribution in [2.45, 2.75) is 25.7 Å². The Morgan fingerprint density at radius 2 is 2.06 bits per heavy atom. The van der Waals surface area contributed by atoms with Crippen molar-refractivity contribution in [3.63, 3.8) is 0 Å². The molecule has 2 bridgehead atoms. The van der Waals surface area contributed by atoms with Gasteiger partial charge in [-0.05, 0) is 49.1 Å². The van der Waals surface area contributed by atoms with Gasteiger partial charge in [0.25, 0.3) is 0 Å². The van der Waals surface area contributed by atoms with Crippen molar-refractivity contribution in [3.8, 4) is 0 Å². The third-order valence-corrected chi connectivity index (χ3v) is 4.33. The topological polar surface area (TPSA) is 38.3 Å². The highest BCUT2D eigenvalue weighted by atomic mass is 16.5. The van der Waals surface area contributed by atoms with Crippen LogP contribution in [0, 0.1) is 17.8 Å². The van der Waals surface area contributed by atoms with Crippen LogP contribution in [-0.4, -0.2) is 12.7 Å². The molecule has 0 saturated heterocycles. The predicted molar refractivity (Wildman–Crippen MR) is 70.4 cm³/mol. The van der Waals surface area contributed by atoms with E-state index in [1.807, 2.05) is 30.3 Å². The van der Waals surface area contributed by atoms with E-state index in [0.717, 1.165) is 17.5 Å². The van der Waals surface area contributed by atoms with Crippen molar-refractivity contribution in [2.24, 2.45) is 17.8 Å². The summed E-state index contributed by atoms with van der Waals surface area (Å²) in [6.07, 6.45) is 5.00. The molecule has 3 atom stereocenters. The maximum atomic E-state index is 11.6. The molecule has 3 nitrogen and oxygen atoms in total. The smallest absolute Gasteiger partial charge is 0.411 e. The fraction of sp³-hybridized carbons (Fsp3) is 0.533. The zero-order valence-corrected chi connectivity index (χ0v) is 10.5. The number of carbonyl (C=O) groups is 1. The van der Waals surface area contributed by atoms with Crippen LogP contribution < -0.4 is 5.32 Å². The highest BCUT2D eigenvalue weighted by Crippen LogP contribution is 2.48. The van der Waals surface area contributed by atoms with Crippen molar-refractivity contribution in [1.29, 1.82) is 0 Å². The average molecular weight is 245 g/mol. The van der Waals surface area contributed by atoms with Gasteiger partial charge in [-0.15, -0.1) is 0 Å². The Morgan fingerprint density at radius 1 is 1.22 bits per heavy atom. The number of benzene rings is 1. The predicted octanol–water partition coefficient (Wildman–Crippen LogP) is 3.67. The third-order valence-electron chi connectivity index (χ3n) is 4.33. The molecule has 2 aliphatic rings. The lowest BCUT2D eigenvalue weighted by Crippen LogP contribution is -2.22. The van der Waals surface area contributed by atoms with Gasteiger partial charge in [0.15, 0.2) is 0 Å². The van der Waals surface area contributed by atoms with Crippen molar-refractivity contribution in [2.75, 3.05) is 11.9 Å². The summed E-state index contributed by atoms with van der Waals surface area (Å²) in [6.45, 7) is 0.583. The number of fused-ring (bicyclic) bond motifs is 2. The Kier molecular flexibility index (Phi) is 3.22. The molecule has 18 heavy (non-hydrogen) atoms. The normalized spacial score (nSPS) is 29.2. The van der Waals surface area contributed by atoms with Gasteiger partial charge in [0.1, 0.15) is 0 Å². The molecule has 1 aromatic carbocycles. The van der Waals surface area contributed by atoms with Gasteiger partial charge < -0.3 is 4.74 Å². The largest absolute Gasteiger partial charge is 0.449 e. The molecule has 1 N–H and O–H groups in total. The van der Waals surface area contributed by atoms with E-state index in [1.165, 1.54) is 25.7 Å². The molecular formula is C15H19NO2. The van der Waals surface area contributed by atoms with Gasteiger partial charge in [0.05, 0.1) is 6.61 Å². The van der Waals surface area contributed by atoms with Crippen LogP contribution >= 0.6 is 0 Å². The molecule has 0 aliphatic heterocycles. The second-order valence-electron chi connectivity index (χ2n) is 5.52. The number of hydrogen-bond donors (Lipinski definition) is 1. The molecule has 1 aromatic rings.